The van der Waals surface area contributed by atoms with Crippen LogP contribution in [0.5, 0.6) is 0 Å². The Morgan fingerprint density at radius 3 is 1.43 bits per heavy atom. The van der Waals surface area contributed by atoms with Crippen molar-refractivity contribution in [2.45, 2.75) is 190 Å². The highest BCUT2D eigenvalue weighted by Crippen LogP contribution is 2.29. The molecule has 6 atom stereocenters. The second-order valence-corrected chi connectivity index (χ2v) is 15.8. The first-order valence-electron chi connectivity index (χ1n) is 20.1. The lowest BCUT2D eigenvalue weighted by molar-refractivity contribution is -0.116. The van der Waals surface area contributed by atoms with Crippen LogP contribution in [0.15, 0.2) is 58.7 Å². The van der Waals surface area contributed by atoms with Crippen molar-refractivity contribution in [2.24, 2.45) is 23.7 Å². The van der Waals surface area contributed by atoms with E-state index in [1.54, 1.807) is 12.2 Å². The monoisotopic (exact) mass is 681 g/mol. The van der Waals surface area contributed by atoms with Crippen LogP contribution >= 0.6 is 0 Å². The van der Waals surface area contributed by atoms with Crippen LogP contribution in [0.1, 0.15) is 177 Å². The van der Waals surface area contributed by atoms with Crippen LogP contribution in [0.2, 0.25) is 0 Å². The van der Waals surface area contributed by atoms with Gasteiger partial charge in [0.15, 0.2) is 11.6 Å². The molecule has 4 aliphatic rings. The van der Waals surface area contributed by atoms with Crippen molar-refractivity contribution >= 4 is 11.6 Å². The third-order valence-corrected chi connectivity index (χ3v) is 10.1. The Balaban J connectivity index is 0.000000328. The van der Waals surface area contributed by atoms with E-state index in [9.17, 15) is 19.8 Å². The molecule has 0 bridgehead atoms. The van der Waals surface area contributed by atoms with E-state index in [1.807, 2.05) is 12.2 Å². The molecule has 0 radical (unpaired) electrons. The molecule has 0 amide bonds. The van der Waals surface area contributed by atoms with Crippen molar-refractivity contribution in [3.63, 3.8) is 0 Å². The maximum absolute atomic E-state index is 11.3. The lowest BCUT2D eigenvalue weighted by Gasteiger charge is -2.24. The summed E-state index contributed by atoms with van der Waals surface area (Å²) in [5.74, 6) is 3.35. The predicted octanol–water partition coefficient (Wildman–Crippen LogP) is 12.2. The zero-order valence-electron chi connectivity index (χ0n) is 33.1. The first-order chi connectivity index (χ1) is 23.4. The first-order valence-corrected chi connectivity index (χ1v) is 20.1. The minimum Gasteiger partial charge on any atom is -0.389 e. The zero-order chi connectivity index (χ0) is 36.6. The van der Waals surface area contributed by atoms with E-state index in [0.717, 1.165) is 69.6 Å². The zero-order valence-corrected chi connectivity index (χ0v) is 33.1. The molecule has 4 aliphatic carbocycles. The number of carbonyl (C=O) groups is 2. The fraction of sp³-hybridized carbons (Fsp3) is 0.733. The average Bonchev–Trinajstić information content (AvgIpc) is 2.99. The molecule has 4 nitrogen and oxygen atoms in total. The average molecular weight is 681 g/mol. The molecule has 4 heteroatoms. The van der Waals surface area contributed by atoms with Gasteiger partial charge < -0.3 is 10.2 Å². The van der Waals surface area contributed by atoms with Gasteiger partial charge in [-0.15, -0.1) is 0 Å². The topological polar surface area (TPSA) is 74.6 Å². The maximum atomic E-state index is 11.3. The Morgan fingerprint density at radius 2 is 1.00 bits per heavy atom. The maximum Gasteiger partial charge on any atom is 0.155 e. The van der Waals surface area contributed by atoms with Gasteiger partial charge in [-0.2, -0.15) is 0 Å². The number of hydrogen-bond donors (Lipinski definition) is 2. The van der Waals surface area contributed by atoms with Gasteiger partial charge in [-0.1, -0.05) is 119 Å². The normalized spacial score (nSPS) is 26.9. The van der Waals surface area contributed by atoms with E-state index in [4.69, 9.17) is 0 Å². The third kappa shape index (κ3) is 22.4. The van der Waals surface area contributed by atoms with Gasteiger partial charge in [-0.05, 0) is 128 Å². The Morgan fingerprint density at radius 1 is 0.551 bits per heavy atom. The van der Waals surface area contributed by atoms with Crippen LogP contribution in [0, 0.1) is 23.7 Å². The second kappa shape index (κ2) is 26.7. The molecular formula is C45H76O4. The van der Waals surface area contributed by atoms with E-state index in [2.05, 4.69) is 67.5 Å². The van der Waals surface area contributed by atoms with Crippen LogP contribution in [-0.4, -0.2) is 34.0 Å². The molecule has 4 rings (SSSR count). The molecule has 0 aliphatic heterocycles. The Labute approximate surface area is 302 Å². The molecule has 0 aromatic heterocycles. The van der Waals surface area contributed by atoms with Crippen molar-refractivity contribution < 1.29 is 19.8 Å². The number of unbranched alkanes of at least 4 members (excludes halogenated alkanes) is 2. The number of ketones is 2. The highest BCUT2D eigenvalue weighted by atomic mass is 16.3. The standard InChI is InChI=1S/C13H20O.C12H22O.C10H18O.C10H16O/c1-3-4-5-6-7-12-8-11(2)9-13(14)10-12;1-3-4-5-6-11-7-10(2)8-12(13)9-11;2*1-3-4-9-5-8(2)6-10(11)7-9/h4-5,9,12H,3,6-8,10H2,1-2H3;8,11-13H,3-7,9H2,1-2H3;6,9-11H,3-5,7H2,1-2H3;6,9H,3-5,7H2,1-2H3/b5-4-;;;. The summed E-state index contributed by atoms with van der Waals surface area (Å²) in [7, 11) is 0. The van der Waals surface area contributed by atoms with Gasteiger partial charge >= 0.3 is 0 Å². The molecule has 0 saturated heterocycles. The van der Waals surface area contributed by atoms with Crippen molar-refractivity contribution in [3.05, 3.63) is 58.7 Å². The van der Waals surface area contributed by atoms with Gasteiger partial charge in [0.1, 0.15) is 0 Å². The predicted molar refractivity (Wildman–Crippen MR) is 211 cm³/mol. The number of aliphatic hydroxyl groups excluding tert-OH is 2. The van der Waals surface area contributed by atoms with Crippen LogP contribution < -0.4 is 0 Å². The lowest BCUT2D eigenvalue weighted by Crippen LogP contribution is -2.17. The summed E-state index contributed by atoms with van der Waals surface area (Å²) in [5, 5.41) is 18.9. The molecule has 280 valence electrons. The summed E-state index contributed by atoms with van der Waals surface area (Å²) in [6.45, 7) is 17.1. The molecular weight excluding hydrogens is 604 g/mol. The summed E-state index contributed by atoms with van der Waals surface area (Å²) in [6.07, 6.45) is 33.5. The fourth-order valence-electron chi connectivity index (χ4n) is 8.06. The fourth-order valence-corrected chi connectivity index (χ4v) is 8.06. The summed E-state index contributed by atoms with van der Waals surface area (Å²) >= 11 is 0. The van der Waals surface area contributed by atoms with Gasteiger partial charge in [0.2, 0.25) is 0 Å². The Hall–Kier alpha value is -2.04. The van der Waals surface area contributed by atoms with Crippen molar-refractivity contribution in [3.8, 4) is 0 Å². The lowest BCUT2D eigenvalue weighted by atomic mass is 9.84. The van der Waals surface area contributed by atoms with Crippen molar-refractivity contribution in [1.82, 2.24) is 0 Å². The number of aliphatic hydroxyl groups is 2. The van der Waals surface area contributed by atoms with Gasteiger partial charge in [0.25, 0.3) is 0 Å². The summed E-state index contributed by atoms with van der Waals surface area (Å²) in [4.78, 5) is 22.4. The highest BCUT2D eigenvalue weighted by Gasteiger charge is 2.20. The van der Waals surface area contributed by atoms with E-state index in [1.165, 1.54) is 86.5 Å². The third-order valence-electron chi connectivity index (χ3n) is 10.1. The number of hydrogen-bond acceptors (Lipinski definition) is 4. The number of allylic oxidation sites excluding steroid dienone is 8. The van der Waals surface area contributed by atoms with E-state index >= 15 is 0 Å². The van der Waals surface area contributed by atoms with Crippen LogP contribution in [0.3, 0.4) is 0 Å². The van der Waals surface area contributed by atoms with E-state index < -0.39 is 0 Å². The molecule has 0 fully saturated rings. The molecule has 0 spiro atoms. The molecule has 49 heavy (non-hydrogen) atoms. The molecule has 0 aromatic rings. The van der Waals surface area contributed by atoms with E-state index in [0.29, 0.717) is 23.4 Å². The molecule has 0 aromatic carbocycles. The summed E-state index contributed by atoms with van der Waals surface area (Å²) < 4.78 is 0. The molecule has 0 saturated carbocycles. The minimum atomic E-state index is -0.166. The van der Waals surface area contributed by atoms with Gasteiger partial charge in [0.05, 0.1) is 12.2 Å². The summed E-state index contributed by atoms with van der Waals surface area (Å²) in [6, 6.07) is 0. The molecule has 6 unspecified atom stereocenters. The van der Waals surface area contributed by atoms with Gasteiger partial charge in [-0.25, -0.2) is 0 Å². The largest absolute Gasteiger partial charge is 0.389 e. The number of rotatable bonds is 12. The highest BCUT2D eigenvalue weighted by molar-refractivity contribution is 5.91. The quantitative estimate of drug-likeness (QED) is 0.159. The van der Waals surface area contributed by atoms with Crippen LogP contribution in [-0.2, 0) is 9.59 Å². The minimum absolute atomic E-state index is 0.166. The van der Waals surface area contributed by atoms with Gasteiger partial charge in [-0.3, -0.25) is 9.59 Å². The van der Waals surface area contributed by atoms with Crippen molar-refractivity contribution in [2.75, 3.05) is 0 Å². The van der Waals surface area contributed by atoms with Crippen molar-refractivity contribution in [1.29, 1.82) is 0 Å². The molecule has 2 N–H and O–H groups in total. The SMILES string of the molecule is CC/C=C\CCC1CC(=O)C=C(C)C1.CCCC1CC(=O)C=C(C)C1.CCCC1CC(C)=CC(O)C1.CCCCCC1CC(C)=CC(O)C1. The second-order valence-electron chi connectivity index (χ2n) is 15.8. The van der Waals surface area contributed by atoms with Gasteiger partial charge in [0, 0.05) is 12.8 Å². The Kier molecular flexibility index (Phi) is 24.5. The van der Waals surface area contributed by atoms with E-state index in [-0.39, 0.29) is 12.2 Å². The number of carbonyl (C=O) groups excluding carboxylic acids is 2. The Bertz CT molecular complexity index is 1090. The summed E-state index contributed by atoms with van der Waals surface area (Å²) in [5.41, 5.74) is 5.26. The van der Waals surface area contributed by atoms with Crippen LogP contribution in [0.25, 0.3) is 0 Å². The molecule has 0 heterocycles. The smallest absolute Gasteiger partial charge is 0.155 e. The first kappa shape index (κ1) is 45.0. The van der Waals surface area contributed by atoms with Crippen LogP contribution in [0.4, 0.5) is 0 Å².